The quantitative estimate of drug-likeness (QED) is 0.791. The summed E-state index contributed by atoms with van der Waals surface area (Å²) >= 11 is 0. The van der Waals surface area contributed by atoms with E-state index >= 15 is 0 Å². The number of rotatable bonds is 6. The molecule has 0 aromatic heterocycles. The zero-order valence-electron chi connectivity index (χ0n) is 15.4. The van der Waals surface area contributed by atoms with Gasteiger partial charge < -0.3 is 10.6 Å². The Bertz CT molecular complexity index is 966. The number of carbonyl (C=O) groups excluding carboxylic acids is 1. The van der Waals surface area contributed by atoms with Crippen LogP contribution < -0.4 is 10.6 Å². The van der Waals surface area contributed by atoms with Gasteiger partial charge in [-0.05, 0) is 42.2 Å². The Balaban J connectivity index is 1.60. The van der Waals surface area contributed by atoms with Gasteiger partial charge in [0, 0.05) is 18.5 Å². The molecule has 142 valence electrons. The number of carbonyl (C=O) groups is 1. The predicted octanol–water partition coefficient (Wildman–Crippen LogP) is 3.82. The zero-order chi connectivity index (χ0) is 19.4. The van der Waals surface area contributed by atoms with Crippen molar-refractivity contribution in [2.75, 3.05) is 10.6 Å². The van der Waals surface area contributed by atoms with Crippen LogP contribution in [0.5, 0.6) is 0 Å². The summed E-state index contributed by atoms with van der Waals surface area (Å²) in [4.78, 5) is 12.4. The maximum absolute atomic E-state index is 12.3. The first-order valence-corrected chi connectivity index (χ1v) is 10.4. The molecule has 1 aliphatic rings. The molecule has 1 unspecified atom stereocenters. The average Bonchev–Trinajstić information content (AvgIpc) is 2.61. The molecule has 0 spiro atoms. The summed E-state index contributed by atoms with van der Waals surface area (Å²) < 4.78 is 28.4. The lowest BCUT2D eigenvalue weighted by Crippen LogP contribution is -2.25. The molecule has 0 aliphatic carbocycles. The number of hydrogen-bond acceptors (Lipinski definition) is 4. The van der Waals surface area contributed by atoms with Gasteiger partial charge in [-0.25, -0.2) is 0 Å². The van der Waals surface area contributed by atoms with Crippen molar-refractivity contribution in [3.63, 3.8) is 0 Å². The second-order valence-electron chi connectivity index (χ2n) is 6.75. The summed E-state index contributed by atoms with van der Waals surface area (Å²) in [5.74, 6) is 0.194. The third kappa shape index (κ3) is 4.74. The third-order valence-electron chi connectivity index (χ3n) is 4.40. The Hall–Kier alpha value is -2.67. The van der Waals surface area contributed by atoms with Crippen LogP contribution in [-0.2, 0) is 21.2 Å². The van der Waals surface area contributed by atoms with Crippen LogP contribution in [-0.4, -0.2) is 20.2 Å². The predicted molar refractivity (Wildman–Crippen MR) is 108 cm³/mol. The van der Waals surface area contributed by atoms with E-state index in [0.717, 1.165) is 12.1 Å². The minimum atomic E-state index is -3.70. The number of amides is 1. The number of nitrogens with zero attached hydrogens (tertiary/aromatic N) is 1. The van der Waals surface area contributed by atoms with Crippen LogP contribution in [0, 0.1) is 5.92 Å². The fraction of sp³-hybridized carbons (Fsp3) is 0.300. The number of anilines is 2. The lowest BCUT2D eigenvalue weighted by Gasteiger charge is -2.20. The van der Waals surface area contributed by atoms with E-state index in [-0.39, 0.29) is 23.1 Å². The van der Waals surface area contributed by atoms with Crippen molar-refractivity contribution in [2.24, 2.45) is 10.3 Å². The highest BCUT2D eigenvalue weighted by Crippen LogP contribution is 2.28. The largest absolute Gasteiger partial charge is 0.342 e. The molecule has 2 aromatic carbocycles. The van der Waals surface area contributed by atoms with Gasteiger partial charge in [-0.15, -0.1) is 4.40 Å². The summed E-state index contributed by atoms with van der Waals surface area (Å²) in [6, 6.07) is 14.4. The molecule has 2 aromatic rings. The summed E-state index contributed by atoms with van der Waals surface area (Å²) in [6.07, 6.45) is 1.60. The summed E-state index contributed by atoms with van der Waals surface area (Å²) in [5, 5.41) is 5.93. The highest BCUT2D eigenvalue weighted by atomic mass is 32.2. The van der Waals surface area contributed by atoms with E-state index in [2.05, 4.69) is 22.0 Å². The molecule has 1 aliphatic heterocycles. The normalized spacial score (nSPS) is 15.9. The van der Waals surface area contributed by atoms with E-state index in [9.17, 15) is 13.2 Å². The maximum atomic E-state index is 12.3. The second-order valence-corrected chi connectivity index (χ2v) is 8.32. The standard InChI is InChI=1S/C20H23N3O3S/c1-3-15-8-10-16(11-9-15)21-20(24)13-14(2)12-19-22-17-6-4-5-7-18(17)27(25,26)23-19/h4-11,14H,3,12-13H2,1-2H3,(H,21,24)(H,22,23). The van der Waals surface area contributed by atoms with Crippen LogP contribution in [0.3, 0.4) is 0 Å². The molecule has 2 N–H and O–H groups in total. The number of benzene rings is 2. The fourth-order valence-electron chi connectivity index (χ4n) is 3.01. The van der Waals surface area contributed by atoms with E-state index in [1.807, 2.05) is 31.2 Å². The molecule has 1 atom stereocenters. The number of para-hydroxylation sites is 1. The SMILES string of the molecule is CCc1ccc(NC(=O)CC(C)CC2=NS(=O)(=O)c3ccccc3N2)cc1. The number of nitrogens with one attached hydrogen (secondary N) is 2. The van der Waals surface area contributed by atoms with Crippen LogP contribution in [0.2, 0.25) is 0 Å². The van der Waals surface area contributed by atoms with Gasteiger partial charge in [-0.2, -0.15) is 8.42 Å². The Morgan fingerprint density at radius 1 is 1.15 bits per heavy atom. The molecule has 0 saturated carbocycles. The first kappa shape index (κ1) is 19.1. The number of aryl methyl sites for hydroxylation is 1. The van der Waals surface area contributed by atoms with Gasteiger partial charge in [0.25, 0.3) is 10.0 Å². The molecule has 6 nitrogen and oxygen atoms in total. The highest BCUT2D eigenvalue weighted by molar-refractivity contribution is 7.90. The van der Waals surface area contributed by atoms with Crippen molar-refractivity contribution in [1.82, 2.24) is 0 Å². The van der Waals surface area contributed by atoms with E-state index < -0.39 is 10.0 Å². The van der Waals surface area contributed by atoms with Crippen LogP contribution in [0.1, 0.15) is 32.3 Å². The van der Waals surface area contributed by atoms with Crippen LogP contribution in [0.25, 0.3) is 0 Å². The van der Waals surface area contributed by atoms with Gasteiger partial charge in [0.05, 0.1) is 5.69 Å². The smallest absolute Gasteiger partial charge is 0.286 e. The van der Waals surface area contributed by atoms with Crippen molar-refractivity contribution >= 4 is 33.1 Å². The molecule has 0 saturated heterocycles. The zero-order valence-corrected chi connectivity index (χ0v) is 16.2. The fourth-order valence-corrected chi connectivity index (χ4v) is 4.17. The first-order valence-electron chi connectivity index (χ1n) is 8.96. The Labute approximate surface area is 159 Å². The Morgan fingerprint density at radius 2 is 1.85 bits per heavy atom. The molecular weight excluding hydrogens is 362 g/mol. The molecular formula is C20H23N3O3S. The minimum Gasteiger partial charge on any atom is -0.342 e. The third-order valence-corrected chi connectivity index (χ3v) is 5.77. The monoisotopic (exact) mass is 385 g/mol. The topological polar surface area (TPSA) is 87.6 Å². The molecule has 27 heavy (non-hydrogen) atoms. The van der Waals surface area contributed by atoms with Crippen molar-refractivity contribution in [2.45, 2.75) is 38.0 Å². The highest BCUT2D eigenvalue weighted by Gasteiger charge is 2.25. The van der Waals surface area contributed by atoms with Crippen molar-refractivity contribution in [1.29, 1.82) is 0 Å². The number of amidine groups is 1. The second kappa shape index (κ2) is 7.92. The van der Waals surface area contributed by atoms with Gasteiger partial charge in [0.2, 0.25) is 5.91 Å². The van der Waals surface area contributed by atoms with Crippen molar-refractivity contribution in [3.8, 4) is 0 Å². The number of hydrogen-bond donors (Lipinski definition) is 2. The van der Waals surface area contributed by atoms with Crippen molar-refractivity contribution in [3.05, 3.63) is 54.1 Å². The van der Waals surface area contributed by atoms with Gasteiger partial charge in [0.15, 0.2) is 0 Å². The molecule has 0 radical (unpaired) electrons. The Kier molecular flexibility index (Phi) is 5.60. The minimum absolute atomic E-state index is 0.0633. The molecule has 1 heterocycles. The molecule has 3 rings (SSSR count). The molecule has 0 bridgehead atoms. The average molecular weight is 385 g/mol. The van der Waals surface area contributed by atoms with Gasteiger partial charge in [0.1, 0.15) is 10.7 Å². The lowest BCUT2D eigenvalue weighted by atomic mass is 10.0. The molecule has 0 fully saturated rings. The number of fused-ring (bicyclic) bond motifs is 1. The van der Waals surface area contributed by atoms with Crippen LogP contribution in [0.15, 0.2) is 57.8 Å². The summed E-state index contributed by atoms with van der Waals surface area (Å²) in [7, 11) is -3.70. The molecule has 1 amide bonds. The van der Waals surface area contributed by atoms with E-state index in [4.69, 9.17) is 0 Å². The van der Waals surface area contributed by atoms with Crippen LogP contribution >= 0.6 is 0 Å². The molecule has 7 heteroatoms. The van der Waals surface area contributed by atoms with Crippen molar-refractivity contribution < 1.29 is 13.2 Å². The van der Waals surface area contributed by atoms with E-state index in [1.54, 1.807) is 18.2 Å². The van der Waals surface area contributed by atoms with E-state index in [0.29, 0.717) is 17.9 Å². The maximum Gasteiger partial charge on any atom is 0.286 e. The number of sulfonamides is 1. The Morgan fingerprint density at radius 3 is 2.56 bits per heavy atom. The van der Waals surface area contributed by atoms with Gasteiger partial charge >= 0.3 is 0 Å². The first-order chi connectivity index (χ1) is 12.9. The summed E-state index contributed by atoms with van der Waals surface area (Å²) in [6.45, 7) is 3.98. The van der Waals surface area contributed by atoms with Crippen LogP contribution in [0.4, 0.5) is 11.4 Å². The van der Waals surface area contributed by atoms with Gasteiger partial charge in [-0.1, -0.05) is 38.1 Å². The lowest BCUT2D eigenvalue weighted by molar-refractivity contribution is -0.116. The summed E-state index contributed by atoms with van der Waals surface area (Å²) in [5.41, 5.74) is 2.49. The van der Waals surface area contributed by atoms with Gasteiger partial charge in [-0.3, -0.25) is 4.79 Å². The van der Waals surface area contributed by atoms with E-state index in [1.165, 1.54) is 11.6 Å².